The molecule has 124 valence electrons. The molecule has 0 fully saturated rings. The van der Waals surface area contributed by atoms with Gasteiger partial charge < -0.3 is 9.30 Å². The molecule has 1 aromatic carbocycles. The maximum Gasteiger partial charge on any atom is 0.318 e. The molecule has 2 aromatic heterocycles. The van der Waals surface area contributed by atoms with Crippen molar-refractivity contribution in [2.75, 3.05) is 7.11 Å². The summed E-state index contributed by atoms with van der Waals surface area (Å²) in [5.74, 6) is -0.123. The van der Waals surface area contributed by atoms with Crippen molar-refractivity contribution in [3.8, 4) is 16.5 Å². The van der Waals surface area contributed by atoms with Crippen LogP contribution in [0.5, 0.6) is 5.75 Å². The Bertz CT molecular complexity index is 896. The van der Waals surface area contributed by atoms with Crippen LogP contribution in [0.2, 0.25) is 0 Å². The Hall–Kier alpha value is -2.46. The average molecular weight is 366 g/mol. The maximum absolute atomic E-state index is 14.0. The van der Waals surface area contributed by atoms with Gasteiger partial charge in [-0.3, -0.25) is 10.1 Å². The summed E-state index contributed by atoms with van der Waals surface area (Å²) < 4.78 is 20.7. The first-order valence-electron chi connectivity index (χ1n) is 6.64. The monoisotopic (exact) mass is 366 g/mol. The Morgan fingerprint density at radius 1 is 1.42 bits per heavy atom. The predicted octanol–water partition coefficient (Wildman–Crippen LogP) is 3.75. The van der Waals surface area contributed by atoms with Crippen LogP contribution in [0.1, 0.15) is 0 Å². The molecule has 0 radical (unpaired) electrons. The molecule has 10 heteroatoms. The lowest BCUT2D eigenvalue weighted by Gasteiger charge is -2.07. The average Bonchev–Trinajstić information content (AvgIpc) is 3.17. The van der Waals surface area contributed by atoms with Crippen molar-refractivity contribution in [1.82, 2.24) is 14.8 Å². The molecule has 24 heavy (non-hydrogen) atoms. The normalized spacial score (nSPS) is 10.8. The first-order valence-corrected chi connectivity index (χ1v) is 8.34. The molecule has 2 heterocycles. The van der Waals surface area contributed by atoms with E-state index in [4.69, 9.17) is 4.74 Å². The van der Waals surface area contributed by atoms with E-state index in [2.05, 4.69) is 10.2 Å². The number of ether oxygens (including phenoxy) is 1. The third-order valence-electron chi connectivity index (χ3n) is 3.20. The van der Waals surface area contributed by atoms with Crippen LogP contribution < -0.4 is 4.74 Å². The molecule has 0 atom stereocenters. The van der Waals surface area contributed by atoms with E-state index >= 15 is 0 Å². The predicted molar refractivity (Wildman–Crippen MR) is 88.0 cm³/mol. The highest BCUT2D eigenvalue weighted by molar-refractivity contribution is 7.99. The third-order valence-corrected chi connectivity index (χ3v) is 5.13. The number of benzene rings is 1. The van der Waals surface area contributed by atoms with Gasteiger partial charge in [-0.15, -0.1) is 21.5 Å². The second kappa shape index (κ2) is 6.57. The Kier molecular flexibility index (Phi) is 4.49. The van der Waals surface area contributed by atoms with Gasteiger partial charge >= 0.3 is 5.69 Å². The minimum Gasteiger partial charge on any atom is -0.497 e. The second-order valence-corrected chi connectivity index (χ2v) is 6.61. The first-order chi connectivity index (χ1) is 11.5. The fraction of sp³-hybridized carbons (Fsp3) is 0.143. The molecule has 7 nitrogen and oxygen atoms in total. The number of hydrogen-bond donors (Lipinski definition) is 0. The highest BCUT2D eigenvalue weighted by Crippen LogP contribution is 2.39. The van der Waals surface area contributed by atoms with E-state index in [0.717, 1.165) is 22.7 Å². The van der Waals surface area contributed by atoms with Gasteiger partial charge in [0.15, 0.2) is 11.0 Å². The van der Waals surface area contributed by atoms with Crippen molar-refractivity contribution in [1.29, 1.82) is 0 Å². The molecule has 0 saturated heterocycles. The molecular weight excluding hydrogens is 355 g/mol. The quantitative estimate of drug-likeness (QED) is 0.505. The van der Waals surface area contributed by atoms with Gasteiger partial charge in [0, 0.05) is 19.2 Å². The number of nitro benzene ring substituents is 1. The number of halogens is 1. The van der Waals surface area contributed by atoms with Gasteiger partial charge in [-0.1, -0.05) is 6.07 Å². The molecular formula is C14H11FN4O3S2. The van der Waals surface area contributed by atoms with Gasteiger partial charge in [-0.2, -0.15) is 4.39 Å². The lowest BCUT2D eigenvalue weighted by atomic mass is 10.3. The summed E-state index contributed by atoms with van der Waals surface area (Å²) in [7, 11) is 3.12. The number of rotatable bonds is 5. The zero-order valence-corrected chi connectivity index (χ0v) is 14.2. The zero-order chi connectivity index (χ0) is 17.3. The van der Waals surface area contributed by atoms with Crippen LogP contribution in [0.25, 0.3) is 10.7 Å². The summed E-state index contributed by atoms with van der Waals surface area (Å²) in [5, 5.41) is 21.7. The molecule has 0 bridgehead atoms. The molecule has 0 amide bonds. The van der Waals surface area contributed by atoms with Crippen molar-refractivity contribution in [3.05, 3.63) is 45.6 Å². The van der Waals surface area contributed by atoms with Crippen molar-refractivity contribution < 1.29 is 14.1 Å². The van der Waals surface area contributed by atoms with Gasteiger partial charge in [0.05, 0.1) is 21.8 Å². The number of nitro groups is 1. The number of nitrogens with zero attached hydrogens (tertiary/aromatic N) is 4. The minimum absolute atomic E-state index is 0.102. The Balaban J connectivity index is 2.03. The smallest absolute Gasteiger partial charge is 0.318 e. The lowest BCUT2D eigenvalue weighted by Crippen LogP contribution is -1.98. The number of thiophene rings is 1. The van der Waals surface area contributed by atoms with Gasteiger partial charge in [0.25, 0.3) is 0 Å². The molecule has 0 aliphatic heterocycles. The highest BCUT2D eigenvalue weighted by Gasteiger charge is 2.25. The summed E-state index contributed by atoms with van der Waals surface area (Å²) >= 11 is 2.47. The second-order valence-electron chi connectivity index (χ2n) is 4.66. The van der Waals surface area contributed by atoms with Gasteiger partial charge in [0.1, 0.15) is 5.75 Å². The summed E-state index contributed by atoms with van der Waals surface area (Å²) in [6.45, 7) is 0. The van der Waals surface area contributed by atoms with Crippen molar-refractivity contribution in [2.24, 2.45) is 7.05 Å². The first kappa shape index (κ1) is 16.4. The Morgan fingerprint density at radius 2 is 2.21 bits per heavy atom. The van der Waals surface area contributed by atoms with E-state index in [9.17, 15) is 14.5 Å². The summed E-state index contributed by atoms with van der Waals surface area (Å²) in [6.07, 6.45) is 0. The van der Waals surface area contributed by atoms with E-state index in [1.54, 1.807) is 11.6 Å². The largest absolute Gasteiger partial charge is 0.497 e. The van der Waals surface area contributed by atoms with Crippen LogP contribution in [0.15, 0.2) is 39.7 Å². The van der Waals surface area contributed by atoms with Crippen molar-refractivity contribution in [2.45, 2.75) is 10.1 Å². The fourth-order valence-electron chi connectivity index (χ4n) is 2.05. The van der Waals surface area contributed by atoms with Gasteiger partial charge in [-0.05, 0) is 23.2 Å². The SMILES string of the molecule is COc1cc(F)c([N+](=O)[O-])c(Sc2nnc(-c3cccs3)n2C)c1. The maximum atomic E-state index is 14.0. The van der Waals surface area contributed by atoms with Crippen LogP contribution in [0.3, 0.4) is 0 Å². The highest BCUT2D eigenvalue weighted by atomic mass is 32.2. The Morgan fingerprint density at radius 3 is 2.83 bits per heavy atom. The molecule has 0 aliphatic rings. The van der Waals surface area contributed by atoms with Crippen LogP contribution in [0, 0.1) is 15.9 Å². The summed E-state index contributed by atoms with van der Waals surface area (Å²) in [5.41, 5.74) is -0.610. The Labute approximate surface area is 144 Å². The third kappa shape index (κ3) is 2.97. The van der Waals surface area contributed by atoms with Crippen LogP contribution in [-0.4, -0.2) is 26.8 Å². The van der Waals surface area contributed by atoms with Crippen molar-refractivity contribution >= 4 is 28.8 Å². The number of hydrogen-bond acceptors (Lipinski definition) is 7. The molecule has 0 spiro atoms. The zero-order valence-electron chi connectivity index (χ0n) is 12.6. The van der Waals surface area contributed by atoms with E-state index in [-0.39, 0.29) is 10.6 Å². The van der Waals surface area contributed by atoms with Gasteiger partial charge in [-0.25, -0.2) is 0 Å². The molecule has 3 aromatic rings. The van der Waals surface area contributed by atoms with Crippen molar-refractivity contribution in [3.63, 3.8) is 0 Å². The van der Waals surface area contributed by atoms with E-state index in [1.807, 2.05) is 17.5 Å². The lowest BCUT2D eigenvalue weighted by molar-refractivity contribution is -0.390. The molecule has 0 saturated carbocycles. The number of methoxy groups -OCH3 is 1. The molecule has 3 rings (SSSR count). The topological polar surface area (TPSA) is 83.1 Å². The van der Waals surface area contributed by atoms with Gasteiger partial charge in [0.2, 0.25) is 5.82 Å². The fourth-order valence-corrected chi connectivity index (χ4v) is 3.74. The summed E-state index contributed by atoms with van der Waals surface area (Å²) in [6, 6.07) is 6.18. The van der Waals surface area contributed by atoms with Crippen LogP contribution in [0.4, 0.5) is 10.1 Å². The van der Waals surface area contributed by atoms with Crippen LogP contribution in [-0.2, 0) is 7.05 Å². The standard InChI is InChI=1S/C14H11FN4O3S2/c1-18-13(10-4-3-5-23-10)16-17-14(18)24-11-7-8(22-2)6-9(15)12(11)19(20)21/h3-7H,1-2H3. The number of aromatic nitrogens is 3. The minimum atomic E-state index is -0.956. The molecule has 0 unspecified atom stereocenters. The molecule has 0 N–H and O–H groups in total. The van der Waals surface area contributed by atoms with E-state index in [1.165, 1.54) is 24.5 Å². The summed E-state index contributed by atoms with van der Waals surface area (Å²) in [4.78, 5) is 11.4. The van der Waals surface area contributed by atoms with E-state index in [0.29, 0.717) is 11.0 Å². The van der Waals surface area contributed by atoms with Crippen LogP contribution >= 0.6 is 23.1 Å². The van der Waals surface area contributed by atoms with E-state index < -0.39 is 16.4 Å². The molecule has 0 aliphatic carbocycles.